The summed E-state index contributed by atoms with van der Waals surface area (Å²) in [5, 5.41) is 0.754. The maximum atomic E-state index is 11.9. The van der Waals surface area contributed by atoms with Crippen LogP contribution in [0.15, 0.2) is 54.6 Å². The van der Waals surface area contributed by atoms with Gasteiger partial charge in [0.1, 0.15) is 0 Å². The highest BCUT2D eigenvalue weighted by Gasteiger charge is 2.19. The molecule has 0 spiro atoms. The van der Waals surface area contributed by atoms with Gasteiger partial charge in [0.15, 0.2) is 0 Å². The number of hydrazine groups is 1. The Balaban J connectivity index is 2.00. The molecule has 0 radical (unpaired) electrons. The molecule has 21 heavy (non-hydrogen) atoms. The number of hydrogen-bond acceptors (Lipinski definition) is 3. The average molecular weight is 321 g/mol. The van der Waals surface area contributed by atoms with Gasteiger partial charge in [-0.3, -0.25) is 10.2 Å². The van der Waals surface area contributed by atoms with Crippen LogP contribution in [0.25, 0.3) is 0 Å². The second-order valence-electron chi connectivity index (χ2n) is 4.58. The monoisotopic (exact) mass is 320 g/mol. The summed E-state index contributed by atoms with van der Waals surface area (Å²) in [6.45, 7) is 0. The molecule has 5 heteroatoms. The molecule has 3 nitrogen and oxygen atoms in total. The Labute approximate surface area is 133 Å². The van der Waals surface area contributed by atoms with Gasteiger partial charge in [-0.05, 0) is 17.2 Å². The van der Waals surface area contributed by atoms with Crippen LogP contribution in [0.5, 0.6) is 0 Å². The molecular formula is C16H17ClN2OS. The summed E-state index contributed by atoms with van der Waals surface area (Å²) < 4.78 is 0. The molecule has 0 saturated carbocycles. The first-order valence-corrected chi connectivity index (χ1v) is 8.12. The van der Waals surface area contributed by atoms with Crippen LogP contribution in [0.1, 0.15) is 17.0 Å². The first kappa shape index (κ1) is 15.9. The maximum absolute atomic E-state index is 11.9. The van der Waals surface area contributed by atoms with E-state index in [9.17, 15) is 4.79 Å². The van der Waals surface area contributed by atoms with E-state index in [1.165, 1.54) is 0 Å². The number of amides is 1. The normalized spacial score (nSPS) is 11.9. The lowest BCUT2D eigenvalue weighted by molar-refractivity contribution is -0.122. The molecule has 0 saturated heterocycles. The number of nitrogens with one attached hydrogen (secondary N) is 1. The van der Waals surface area contributed by atoms with E-state index >= 15 is 0 Å². The van der Waals surface area contributed by atoms with E-state index in [1.807, 2.05) is 54.6 Å². The van der Waals surface area contributed by atoms with Gasteiger partial charge >= 0.3 is 0 Å². The Hall–Kier alpha value is -1.49. The maximum Gasteiger partial charge on any atom is 0.242 e. The van der Waals surface area contributed by atoms with E-state index in [2.05, 4.69) is 5.43 Å². The van der Waals surface area contributed by atoms with Crippen LogP contribution in [0, 0.1) is 0 Å². The highest BCUT2D eigenvalue weighted by molar-refractivity contribution is 7.98. The second kappa shape index (κ2) is 8.08. The molecule has 0 aliphatic carbocycles. The lowest BCUT2D eigenvalue weighted by Crippen LogP contribution is -2.35. The Bertz CT molecular complexity index is 592. The largest absolute Gasteiger partial charge is 0.294 e. The SMILES string of the molecule is NNC(=O)C(CSCc1ccccc1Cl)c1ccccc1. The third-order valence-electron chi connectivity index (χ3n) is 3.16. The number of thioether (sulfide) groups is 1. The molecule has 0 aliphatic rings. The number of hydrogen-bond donors (Lipinski definition) is 2. The molecule has 110 valence electrons. The molecule has 1 unspecified atom stereocenters. The Kier molecular flexibility index (Phi) is 6.11. The van der Waals surface area contributed by atoms with Crippen molar-refractivity contribution in [3.05, 3.63) is 70.7 Å². The van der Waals surface area contributed by atoms with Gasteiger partial charge in [-0.2, -0.15) is 11.8 Å². The standard InChI is InChI=1S/C16H17ClN2OS/c17-15-9-5-4-8-13(15)10-21-11-14(16(20)19-18)12-6-2-1-3-7-12/h1-9,14H,10-11,18H2,(H,19,20). The summed E-state index contributed by atoms with van der Waals surface area (Å²) >= 11 is 7.80. The zero-order valence-electron chi connectivity index (χ0n) is 11.5. The third-order valence-corrected chi connectivity index (χ3v) is 4.61. The number of benzene rings is 2. The fourth-order valence-electron chi connectivity index (χ4n) is 2.01. The Morgan fingerprint density at radius 1 is 1.14 bits per heavy atom. The van der Waals surface area contributed by atoms with Crippen LogP contribution in [-0.4, -0.2) is 11.7 Å². The van der Waals surface area contributed by atoms with Crippen molar-refractivity contribution >= 4 is 29.3 Å². The predicted octanol–water partition coefficient (Wildman–Crippen LogP) is 3.35. The van der Waals surface area contributed by atoms with Crippen LogP contribution in [0.2, 0.25) is 5.02 Å². The summed E-state index contributed by atoms with van der Waals surface area (Å²) in [4.78, 5) is 11.9. The summed E-state index contributed by atoms with van der Waals surface area (Å²) in [6.07, 6.45) is 0. The average Bonchev–Trinajstić information content (AvgIpc) is 2.53. The van der Waals surface area contributed by atoms with Gasteiger partial charge < -0.3 is 0 Å². The highest BCUT2D eigenvalue weighted by Crippen LogP contribution is 2.26. The molecule has 2 rings (SSSR count). The molecule has 1 amide bonds. The van der Waals surface area contributed by atoms with Crippen molar-refractivity contribution in [1.82, 2.24) is 5.43 Å². The zero-order valence-corrected chi connectivity index (χ0v) is 13.0. The summed E-state index contributed by atoms with van der Waals surface area (Å²) in [5.41, 5.74) is 4.28. The van der Waals surface area contributed by atoms with Crippen LogP contribution in [0.4, 0.5) is 0 Å². The van der Waals surface area contributed by atoms with Gasteiger partial charge in [-0.15, -0.1) is 0 Å². The van der Waals surface area contributed by atoms with Gasteiger partial charge in [0.25, 0.3) is 0 Å². The third kappa shape index (κ3) is 4.49. The van der Waals surface area contributed by atoms with Crippen LogP contribution >= 0.6 is 23.4 Å². The van der Waals surface area contributed by atoms with E-state index in [4.69, 9.17) is 17.4 Å². The van der Waals surface area contributed by atoms with Crippen LogP contribution in [0.3, 0.4) is 0 Å². The quantitative estimate of drug-likeness (QED) is 0.487. The number of nitrogens with two attached hydrogens (primary N) is 1. The van der Waals surface area contributed by atoms with Gasteiger partial charge in [0.05, 0.1) is 5.92 Å². The second-order valence-corrected chi connectivity index (χ2v) is 6.02. The minimum absolute atomic E-state index is 0.173. The molecule has 0 heterocycles. The van der Waals surface area contributed by atoms with Crippen LogP contribution in [-0.2, 0) is 10.5 Å². The van der Waals surface area contributed by atoms with Gasteiger partial charge in [-0.1, -0.05) is 60.1 Å². The minimum Gasteiger partial charge on any atom is -0.294 e. The van der Waals surface area contributed by atoms with Crippen molar-refractivity contribution in [3.63, 3.8) is 0 Å². The number of carbonyl (C=O) groups excluding carboxylic acids is 1. The van der Waals surface area contributed by atoms with E-state index < -0.39 is 0 Å². The molecule has 0 aromatic heterocycles. The van der Waals surface area contributed by atoms with E-state index in [0.717, 1.165) is 21.9 Å². The van der Waals surface area contributed by atoms with Crippen molar-refractivity contribution in [1.29, 1.82) is 0 Å². The Morgan fingerprint density at radius 3 is 2.48 bits per heavy atom. The van der Waals surface area contributed by atoms with Gasteiger partial charge in [-0.25, -0.2) is 5.84 Å². The topological polar surface area (TPSA) is 55.1 Å². The van der Waals surface area contributed by atoms with E-state index in [1.54, 1.807) is 11.8 Å². The van der Waals surface area contributed by atoms with Crippen molar-refractivity contribution in [3.8, 4) is 0 Å². The lowest BCUT2D eigenvalue weighted by Gasteiger charge is -2.15. The molecular weight excluding hydrogens is 304 g/mol. The van der Waals surface area contributed by atoms with Crippen molar-refractivity contribution < 1.29 is 4.79 Å². The first-order valence-electron chi connectivity index (χ1n) is 6.59. The molecule has 1 atom stereocenters. The van der Waals surface area contributed by atoms with Crippen LogP contribution < -0.4 is 11.3 Å². The number of rotatable bonds is 6. The van der Waals surface area contributed by atoms with Crippen molar-refractivity contribution in [2.24, 2.45) is 5.84 Å². The lowest BCUT2D eigenvalue weighted by atomic mass is 10.0. The van der Waals surface area contributed by atoms with Gasteiger partial charge in [0, 0.05) is 16.5 Å². The molecule has 0 bridgehead atoms. The van der Waals surface area contributed by atoms with E-state index in [-0.39, 0.29) is 11.8 Å². The minimum atomic E-state index is -0.260. The van der Waals surface area contributed by atoms with Crippen molar-refractivity contribution in [2.75, 3.05) is 5.75 Å². The first-order chi connectivity index (χ1) is 10.2. The Morgan fingerprint density at radius 2 is 1.81 bits per heavy atom. The molecule has 2 aromatic carbocycles. The fraction of sp³-hybridized carbons (Fsp3) is 0.188. The smallest absolute Gasteiger partial charge is 0.242 e. The highest BCUT2D eigenvalue weighted by atomic mass is 35.5. The molecule has 2 aromatic rings. The molecule has 3 N–H and O–H groups in total. The molecule has 0 fully saturated rings. The summed E-state index contributed by atoms with van der Waals surface area (Å²) in [7, 11) is 0. The number of halogens is 1. The summed E-state index contributed by atoms with van der Waals surface area (Å²) in [6, 6.07) is 17.4. The summed E-state index contributed by atoms with van der Waals surface area (Å²) in [5.74, 6) is 6.27. The predicted molar refractivity (Wildman–Crippen MR) is 89.1 cm³/mol. The molecule has 0 aliphatic heterocycles. The number of carbonyl (C=O) groups is 1. The van der Waals surface area contributed by atoms with Crippen molar-refractivity contribution in [2.45, 2.75) is 11.7 Å². The van der Waals surface area contributed by atoms with Gasteiger partial charge in [0.2, 0.25) is 5.91 Å². The fourth-order valence-corrected chi connectivity index (χ4v) is 3.46. The zero-order chi connectivity index (χ0) is 15.1. The van der Waals surface area contributed by atoms with E-state index in [0.29, 0.717) is 5.75 Å².